The molecule has 2 saturated heterocycles. The summed E-state index contributed by atoms with van der Waals surface area (Å²) < 4.78 is 11.4. The summed E-state index contributed by atoms with van der Waals surface area (Å²) in [6.45, 7) is 5.98. The lowest BCUT2D eigenvalue weighted by molar-refractivity contribution is -0.126. The summed E-state index contributed by atoms with van der Waals surface area (Å²) in [5, 5.41) is 2.99. The van der Waals surface area contributed by atoms with Crippen LogP contribution >= 0.6 is 0 Å². The van der Waals surface area contributed by atoms with Crippen molar-refractivity contribution in [2.24, 2.45) is 5.92 Å². The highest BCUT2D eigenvalue weighted by molar-refractivity contribution is 6.00. The molecule has 0 bridgehead atoms. The summed E-state index contributed by atoms with van der Waals surface area (Å²) >= 11 is 0. The van der Waals surface area contributed by atoms with Crippen molar-refractivity contribution in [1.82, 2.24) is 10.2 Å². The van der Waals surface area contributed by atoms with E-state index in [1.54, 1.807) is 4.90 Å². The molecule has 2 heterocycles. The van der Waals surface area contributed by atoms with Gasteiger partial charge in [-0.15, -0.1) is 0 Å². The van der Waals surface area contributed by atoms with Crippen molar-refractivity contribution < 1.29 is 19.1 Å². The van der Waals surface area contributed by atoms with Crippen LogP contribution in [0.25, 0.3) is 0 Å². The minimum atomic E-state index is -0.339. The number of carbonyl (C=O) groups is 2. The van der Waals surface area contributed by atoms with Crippen LogP contribution in [-0.4, -0.2) is 62.7 Å². The highest BCUT2D eigenvalue weighted by Crippen LogP contribution is 2.25. The van der Waals surface area contributed by atoms with E-state index in [4.69, 9.17) is 9.47 Å². The smallest absolute Gasteiger partial charge is 0.227 e. The molecule has 1 N–H and O–H groups in total. The van der Waals surface area contributed by atoms with E-state index in [1.807, 2.05) is 55.5 Å². The number of nitrogens with zero attached hydrogens (tertiary/aromatic N) is 2. The Morgan fingerprint density at radius 3 is 2.71 bits per heavy atom. The van der Waals surface area contributed by atoms with Gasteiger partial charge in [0.2, 0.25) is 11.8 Å². The van der Waals surface area contributed by atoms with E-state index in [2.05, 4.69) is 17.3 Å². The monoisotopic (exact) mass is 465 g/mol. The quantitative estimate of drug-likeness (QED) is 0.616. The SMILES string of the molecule is Cc1ccc(N2CC(C(=O)NCc3cccc(OCCN(C)C4CCOCC4)c3)CC2=O)cc1. The largest absolute Gasteiger partial charge is 0.492 e. The highest BCUT2D eigenvalue weighted by atomic mass is 16.5. The average Bonchev–Trinajstić information content (AvgIpc) is 3.25. The molecule has 2 fully saturated rings. The number of rotatable bonds is 9. The van der Waals surface area contributed by atoms with Crippen molar-refractivity contribution in [1.29, 1.82) is 0 Å². The maximum absolute atomic E-state index is 12.7. The molecule has 2 aromatic carbocycles. The van der Waals surface area contributed by atoms with Crippen LogP contribution in [0.3, 0.4) is 0 Å². The number of amides is 2. The first-order valence-electron chi connectivity index (χ1n) is 12.1. The number of hydrogen-bond donors (Lipinski definition) is 1. The third kappa shape index (κ3) is 6.36. The van der Waals surface area contributed by atoms with Crippen LogP contribution in [0, 0.1) is 12.8 Å². The van der Waals surface area contributed by atoms with Gasteiger partial charge >= 0.3 is 0 Å². The van der Waals surface area contributed by atoms with Crippen LogP contribution in [0.15, 0.2) is 48.5 Å². The molecule has 0 aromatic heterocycles. The Morgan fingerprint density at radius 2 is 1.94 bits per heavy atom. The molecule has 1 atom stereocenters. The second-order valence-corrected chi connectivity index (χ2v) is 9.28. The van der Waals surface area contributed by atoms with Gasteiger partial charge in [-0.3, -0.25) is 14.5 Å². The molecule has 0 spiro atoms. The van der Waals surface area contributed by atoms with Crippen LogP contribution in [0.4, 0.5) is 5.69 Å². The number of carbonyl (C=O) groups excluding carboxylic acids is 2. The van der Waals surface area contributed by atoms with Crippen LogP contribution in [0.5, 0.6) is 5.75 Å². The summed E-state index contributed by atoms with van der Waals surface area (Å²) in [5.41, 5.74) is 2.96. The van der Waals surface area contributed by atoms with Gasteiger partial charge in [0, 0.05) is 51.0 Å². The van der Waals surface area contributed by atoms with Gasteiger partial charge in [-0.25, -0.2) is 0 Å². The van der Waals surface area contributed by atoms with Gasteiger partial charge in [0.15, 0.2) is 0 Å². The number of hydrogen-bond acceptors (Lipinski definition) is 5. The molecule has 0 saturated carbocycles. The lowest BCUT2D eigenvalue weighted by Gasteiger charge is -2.31. The first kappa shape index (κ1) is 24.2. The summed E-state index contributed by atoms with van der Waals surface area (Å²) in [5.74, 6) is 0.361. The molecule has 34 heavy (non-hydrogen) atoms. The molecule has 2 aliphatic rings. The summed E-state index contributed by atoms with van der Waals surface area (Å²) in [7, 11) is 2.14. The lowest BCUT2D eigenvalue weighted by atomic mass is 10.1. The topological polar surface area (TPSA) is 71.1 Å². The zero-order chi connectivity index (χ0) is 23.9. The van der Waals surface area contributed by atoms with E-state index >= 15 is 0 Å². The van der Waals surface area contributed by atoms with Gasteiger partial charge in [0.05, 0.1) is 5.92 Å². The van der Waals surface area contributed by atoms with E-state index in [9.17, 15) is 9.59 Å². The van der Waals surface area contributed by atoms with Crippen molar-refractivity contribution in [3.05, 3.63) is 59.7 Å². The van der Waals surface area contributed by atoms with Gasteiger partial charge in [-0.1, -0.05) is 29.8 Å². The molecule has 182 valence electrons. The number of likely N-dealkylation sites (N-methyl/N-ethyl adjacent to an activating group) is 1. The Balaban J connectivity index is 1.23. The predicted octanol–water partition coefficient (Wildman–Crippen LogP) is 3.15. The first-order chi connectivity index (χ1) is 16.5. The average molecular weight is 466 g/mol. The van der Waals surface area contributed by atoms with Crippen LogP contribution in [0.2, 0.25) is 0 Å². The Labute approximate surface area is 202 Å². The van der Waals surface area contributed by atoms with Crippen LogP contribution < -0.4 is 15.0 Å². The molecule has 0 radical (unpaired) electrons. The fraction of sp³-hybridized carbons (Fsp3) is 0.481. The van der Waals surface area contributed by atoms with Crippen molar-refractivity contribution in [2.45, 2.75) is 38.8 Å². The van der Waals surface area contributed by atoms with Crippen LogP contribution in [0.1, 0.15) is 30.4 Å². The van der Waals surface area contributed by atoms with E-state index in [1.165, 1.54) is 0 Å². The maximum atomic E-state index is 12.7. The number of benzene rings is 2. The van der Waals surface area contributed by atoms with Crippen molar-refractivity contribution in [3.8, 4) is 5.75 Å². The van der Waals surface area contributed by atoms with E-state index in [0.717, 1.165) is 55.2 Å². The zero-order valence-corrected chi connectivity index (χ0v) is 20.2. The Kier molecular flexibility index (Phi) is 8.19. The second-order valence-electron chi connectivity index (χ2n) is 9.28. The van der Waals surface area contributed by atoms with Gasteiger partial charge in [0.25, 0.3) is 0 Å². The van der Waals surface area contributed by atoms with Gasteiger partial charge < -0.3 is 19.7 Å². The van der Waals surface area contributed by atoms with Crippen molar-refractivity contribution in [2.75, 3.05) is 44.9 Å². The van der Waals surface area contributed by atoms with E-state index < -0.39 is 0 Å². The van der Waals surface area contributed by atoms with Gasteiger partial charge in [-0.05, 0) is 56.6 Å². The number of anilines is 1. The van der Waals surface area contributed by atoms with Crippen molar-refractivity contribution >= 4 is 17.5 Å². The lowest BCUT2D eigenvalue weighted by Crippen LogP contribution is -2.38. The third-order valence-corrected chi connectivity index (χ3v) is 6.73. The Hall–Kier alpha value is -2.90. The Bertz CT molecular complexity index is 972. The molecule has 4 rings (SSSR count). The summed E-state index contributed by atoms with van der Waals surface area (Å²) in [6, 6.07) is 16.2. The fourth-order valence-electron chi connectivity index (χ4n) is 4.55. The van der Waals surface area contributed by atoms with E-state index in [-0.39, 0.29) is 24.2 Å². The summed E-state index contributed by atoms with van der Waals surface area (Å²) in [6.07, 6.45) is 2.38. The molecule has 0 aliphatic carbocycles. The second kappa shape index (κ2) is 11.5. The standard InChI is InChI=1S/C27H35N3O4/c1-20-6-8-24(9-7-20)30-19-22(17-26(30)31)27(32)28-18-21-4-3-5-25(16-21)34-15-12-29(2)23-10-13-33-14-11-23/h3-9,16,22-23H,10-15,17-19H2,1-2H3,(H,28,32). The summed E-state index contributed by atoms with van der Waals surface area (Å²) in [4.78, 5) is 29.3. The minimum absolute atomic E-state index is 0.00915. The molecule has 7 nitrogen and oxygen atoms in total. The molecule has 2 aromatic rings. The number of ether oxygens (including phenoxy) is 2. The molecular weight excluding hydrogens is 430 g/mol. The van der Waals surface area contributed by atoms with E-state index in [0.29, 0.717) is 25.7 Å². The predicted molar refractivity (Wildman–Crippen MR) is 132 cm³/mol. The Morgan fingerprint density at radius 1 is 1.18 bits per heavy atom. The minimum Gasteiger partial charge on any atom is -0.492 e. The molecule has 7 heteroatoms. The highest BCUT2D eigenvalue weighted by Gasteiger charge is 2.35. The maximum Gasteiger partial charge on any atom is 0.227 e. The normalized spacial score (nSPS) is 19.0. The number of aryl methyl sites for hydroxylation is 1. The van der Waals surface area contributed by atoms with Crippen LogP contribution in [-0.2, 0) is 20.9 Å². The molecular formula is C27H35N3O4. The molecule has 2 aliphatic heterocycles. The molecule has 2 amide bonds. The zero-order valence-electron chi connectivity index (χ0n) is 20.2. The molecule has 1 unspecified atom stereocenters. The van der Waals surface area contributed by atoms with Crippen molar-refractivity contribution in [3.63, 3.8) is 0 Å². The van der Waals surface area contributed by atoms with Gasteiger partial charge in [-0.2, -0.15) is 0 Å². The first-order valence-corrected chi connectivity index (χ1v) is 12.1. The van der Waals surface area contributed by atoms with Gasteiger partial charge in [0.1, 0.15) is 12.4 Å². The fourth-order valence-corrected chi connectivity index (χ4v) is 4.55. The number of nitrogens with one attached hydrogen (secondary N) is 1. The third-order valence-electron chi connectivity index (χ3n) is 6.73.